The lowest BCUT2D eigenvalue weighted by molar-refractivity contribution is -0.0886. The van der Waals surface area contributed by atoms with Gasteiger partial charge in [-0.05, 0) is 96.3 Å². The van der Waals surface area contributed by atoms with Gasteiger partial charge in [0.1, 0.15) is 0 Å². The van der Waals surface area contributed by atoms with Gasteiger partial charge in [-0.2, -0.15) is 21.9 Å². The summed E-state index contributed by atoms with van der Waals surface area (Å²) in [5.41, 5.74) is 2.07. The first kappa shape index (κ1) is 32.0. The van der Waals surface area contributed by atoms with Crippen molar-refractivity contribution < 1.29 is 25.2 Å². The van der Waals surface area contributed by atoms with E-state index in [0.29, 0.717) is 24.2 Å². The molecular formula is C30H52N2O6S2. The van der Waals surface area contributed by atoms with Crippen LogP contribution in [-0.4, -0.2) is 52.8 Å². The summed E-state index contributed by atoms with van der Waals surface area (Å²) in [5, 5.41) is 7.39. The van der Waals surface area contributed by atoms with Crippen LogP contribution in [-0.2, 0) is 41.4 Å². The van der Waals surface area contributed by atoms with E-state index < -0.39 is 20.2 Å². The first-order valence-corrected chi connectivity index (χ1v) is 18.9. The molecule has 0 unspecified atom stereocenters. The largest absolute Gasteiger partial charge is 0.282 e. The fourth-order valence-corrected chi connectivity index (χ4v) is 9.97. The van der Waals surface area contributed by atoms with Crippen LogP contribution < -0.4 is 0 Å². The van der Waals surface area contributed by atoms with Crippen LogP contribution in [0.4, 0.5) is 0 Å². The molecule has 0 aliphatic heterocycles. The molecule has 0 amide bonds. The Morgan fingerprint density at radius 1 is 0.950 bits per heavy atom. The monoisotopic (exact) mass is 600 g/mol. The zero-order valence-electron chi connectivity index (χ0n) is 25.6. The Hall–Kier alpha value is -0.970. The minimum absolute atomic E-state index is 0.0441. The zero-order valence-corrected chi connectivity index (χ0v) is 27.2. The number of hydrogen-bond acceptors (Lipinski definition) is 7. The first-order valence-electron chi connectivity index (χ1n) is 15.2. The van der Waals surface area contributed by atoms with Gasteiger partial charge in [0.15, 0.2) is 0 Å². The Kier molecular flexibility index (Phi) is 9.55. The highest BCUT2D eigenvalue weighted by molar-refractivity contribution is 7.86. The molecule has 0 radical (unpaired) electrons. The van der Waals surface area contributed by atoms with E-state index in [9.17, 15) is 16.8 Å². The molecule has 1 heterocycles. The van der Waals surface area contributed by atoms with Crippen molar-refractivity contribution in [3.8, 4) is 0 Å². The second-order valence-electron chi connectivity index (χ2n) is 14.3. The fourth-order valence-electron chi connectivity index (χ4n) is 9.16. The van der Waals surface area contributed by atoms with Crippen LogP contribution in [0, 0.1) is 52.3 Å². The van der Waals surface area contributed by atoms with Gasteiger partial charge in [0.2, 0.25) is 0 Å². The average Bonchev–Trinajstić information content (AvgIpc) is 3.42. The number of aromatic nitrogens is 2. The van der Waals surface area contributed by atoms with Gasteiger partial charge in [0.25, 0.3) is 20.2 Å². The van der Waals surface area contributed by atoms with Crippen molar-refractivity contribution in [3.05, 3.63) is 17.5 Å². The number of nitrogens with zero attached hydrogens (tertiary/aromatic N) is 1. The molecule has 1 N–H and O–H groups in total. The maximum atomic E-state index is 12.2. The Morgan fingerprint density at radius 2 is 1.60 bits per heavy atom. The third-order valence-electron chi connectivity index (χ3n) is 11.2. The molecule has 0 bridgehead atoms. The average molecular weight is 601 g/mol. The molecule has 8 atom stereocenters. The number of nitrogens with one attached hydrogen (secondary N) is 1. The molecule has 1 aromatic heterocycles. The SMILES string of the molecule is CC(C)CCC[C@@H](C)[C@H]1CC[C@H]2[C@H](COS(C)(=O)=O)[C@@H]([C@@]3(C)Cc4cn[nH]c4C[C@@H]3COS(C)(=O)=O)CC[C@]12C. The van der Waals surface area contributed by atoms with Crippen molar-refractivity contribution in [2.24, 2.45) is 52.3 Å². The van der Waals surface area contributed by atoms with Crippen molar-refractivity contribution in [1.82, 2.24) is 10.2 Å². The molecule has 3 aliphatic rings. The lowest BCUT2D eigenvalue weighted by Gasteiger charge is -2.57. The van der Waals surface area contributed by atoms with Gasteiger partial charge in [-0.15, -0.1) is 0 Å². The van der Waals surface area contributed by atoms with Gasteiger partial charge in [-0.3, -0.25) is 13.5 Å². The van der Waals surface area contributed by atoms with Gasteiger partial charge in [0, 0.05) is 5.69 Å². The maximum Gasteiger partial charge on any atom is 0.264 e. The highest BCUT2D eigenvalue weighted by atomic mass is 32.2. The molecular weight excluding hydrogens is 548 g/mol. The van der Waals surface area contributed by atoms with Crippen molar-refractivity contribution in [1.29, 1.82) is 0 Å². The Labute approximate surface area is 243 Å². The van der Waals surface area contributed by atoms with Crippen LogP contribution in [0.25, 0.3) is 0 Å². The number of rotatable bonds is 12. The van der Waals surface area contributed by atoms with Crippen LogP contribution in [0.15, 0.2) is 6.20 Å². The molecule has 40 heavy (non-hydrogen) atoms. The molecule has 2 saturated carbocycles. The Balaban J connectivity index is 1.65. The molecule has 0 aromatic carbocycles. The van der Waals surface area contributed by atoms with Crippen molar-refractivity contribution >= 4 is 20.2 Å². The minimum atomic E-state index is -3.60. The summed E-state index contributed by atoms with van der Waals surface area (Å²) in [6.07, 6.45) is 13.6. The zero-order chi connectivity index (χ0) is 29.5. The molecule has 8 nitrogen and oxygen atoms in total. The molecule has 230 valence electrons. The lowest BCUT2D eigenvalue weighted by atomic mass is 9.48. The topological polar surface area (TPSA) is 115 Å². The summed E-state index contributed by atoms with van der Waals surface area (Å²) < 4.78 is 59.5. The van der Waals surface area contributed by atoms with Crippen molar-refractivity contribution in [2.45, 2.75) is 92.4 Å². The molecule has 0 saturated heterocycles. The molecule has 3 aliphatic carbocycles. The maximum absolute atomic E-state index is 12.2. The van der Waals surface area contributed by atoms with Crippen LogP contribution in [0.1, 0.15) is 90.8 Å². The smallest absolute Gasteiger partial charge is 0.264 e. The molecule has 10 heteroatoms. The molecule has 1 aromatic rings. The second kappa shape index (κ2) is 12.0. The van der Waals surface area contributed by atoms with E-state index in [4.69, 9.17) is 8.37 Å². The van der Waals surface area contributed by atoms with E-state index in [-0.39, 0.29) is 41.8 Å². The van der Waals surface area contributed by atoms with Crippen molar-refractivity contribution in [2.75, 3.05) is 25.7 Å². The summed E-state index contributed by atoms with van der Waals surface area (Å²) in [4.78, 5) is 0. The van der Waals surface area contributed by atoms with Crippen molar-refractivity contribution in [3.63, 3.8) is 0 Å². The third-order valence-corrected chi connectivity index (χ3v) is 12.3. The number of fused-ring (bicyclic) bond motifs is 2. The first-order chi connectivity index (χ1) is 18.5. The van der Waals surface area contributed by atoms with E-state index in [1.54, 1.807) is 0 Å². The summed E-state index contributed by atoms with van der Waals surface area (Å²) in [7, 11) is -7.19. The Morgan fingerprint density at radius 3 is 2.25 bits per heavy atom. The molecule has 4 rings (SSSR count). The van der Waals surface area contributed by atoms with Gasteiger partial charge < -0.3 is 0 Å². The number of hydrogen-bond donors (Lipinski definition) is 1. The van der Waals surface area contributed by atoms with Crippen LogP contribution in [0.5, 0.6) is 0 Å². The normalized spacial score (nSPS) is 35.5. The summed E-state index contributed by atoms with van der Waals surface area (Å²) in [6, 6.07) is 0. The van der Waals surface area contributed by atoms with Gasteiger partial charge in [-0.1, -0.05) is 53.9 Å². The molecule has 2 fully saturated rings. The highest BCUT2D eigenvalue weighted by Crippen LogP contribution is 2.65. The van der Waals surface area contributed by atoms with E-state index in [1.165, 1.54) is 25.7 Å². The van der Waals surface area contributed by atoms with Crippen LogP contribution in [0.2, 0.25) is 0 Å². The van der Waals surface area contributed by atoms with Gasteiger partial charge >= 0.3 is 0 Å². The lowest BCUT2D eigenvalue weighted by Crippen LogP contribution is -2.53. The number of aromatic amines is 1. The van der Waals surface area contributed by atoms with Crippen LogP contribution in [0.3, 0.4) is 0 Å². The minimum Gasteiger partial charge on any atom is -0.282 e. The predicted octanol–water partition coefficient (Wildman–Crippen LogP) is 5.60. The standard InChI is InChI=1S/C30H52N2O6S2/c1-20(2)9-8-10-21(3)25-11-12-26-24(19-38-40(7,35)36)27(13-14-29(25,26)4)30(5)16-22-17-31-32-28(22)15-23(30)18-37-39(6,33)34/h17,20-21,23-27H,8-16,18-19H2,1-7H3,(H,31,32)/t21-,23-,24+,25-,26+,27+,29-,30+/m1/s1. The summed E-state index contributed by atoms with van der Waals surface area (Å²) >= 11 is 0. The third kappa shape index (κ3) is 6.97. The second-order valence-corrected chi connectivity index (χ2v) is 17.6. The fraction of sp³-hybridized carbons (Fsp3) is 0.900. The number of H-pyrrole nitrogens is 1. The van der Waals surface area contributed by atoms with E-state index in [2.05, 4.69) is 44.8 Å². The van der Waals surface area contributed by atoms with Crippen LogP contribution >= 0.6 is 0 Å². The molecule has 0 spiro atoms. The Bertz CT molecular complexity index is 1230. The summed E-state index contributed by atoms with van der Waals surface area (Å²) in [6.45, 7) is 12.0. The van der Waals surface area contributed by atoms with E-state index in [1.807, 2.05) is 6.20 Å². The van der Waals surface area contributed by atoms with Gasteiger partial charge in [0.05, 0.1) is 31.9 Å². The van der Waals surface area contributed by atoms with Gasteiger partial charge in [-0.25, -0.2) is 0 Å². The van der Waals surface area contributed by atoms with E-state index in [0.717, 1.165) is 55.4 Å². The quantitative estimate of drug-likeness (QED) is 0.310. The highest BCUT2D eigenvalue weighted by Gasteiger charge is 2.59. The predicted molar refractivity (Wildman–Crippen MR) is 158 cm³/mol. The summed E-state index contributed by atoms with van der Waals surface area (Å²) in [5.74, 6) is 2.55. The van der Waals surface area contributed by atoms with E-state index >= 15 is 0 Å².